The highest BCUT2D eigenvalue weighted by atomic mass is 32.2. The lowest BCUT2D eigenvalue weighted by Crippen LogP contribution is -2.46. The van der Waals surface area contributed by atoms with Gasteiger partial charge in [0.2, 0.25) is 15.9 Å². The second kappa shape index (κ2) is 10.2. The van der Waals surface area contributed by atoms with Crippen LogP contribution in [-0.4, -0.2) is 44.2 Å². The maximum atomic E-state index is 14.0. The van der Waals surface area contributed by atoms with E-state index < -0.39 is 27.9 Å². The van der Waals surface area contributed by atoms with Gasteiger partial charge in [-0.1, -0.05) is 60.7 Å². The topological polar surface area (TPSA) is 84.0 Å². The molecular weight excluding hydrogens is 488 g/mol. The zero-order valence-corrected chi connectivity index (χ0v) is 21.1. The van der Waals surface area contributed by atoms with Gasteiger partial charge in [0.15, 0.2) is 0 Å². The van der Waals surface area contributed by atoms with E-state index in [0.717, 1.165) is 21.2 Å². The first-order chi connectivity index (χ1) is 17.9. The van der Waals surface area contributed by atoms with Crippen molar-refractivity contribution < 1.29 is 22.7 Å². The number of rotatable bonds is 8. The Hall–Kier alpha value is -4.01. The number of fused-ring (bicyclic) bond motifs is 1. The van der Waals surface area contributed by atoms with Crippen LogP contribution in [0.15, 0.2) is 102 Å². The lowest BCUT2D eigenvalue weighted by atomic mass is 10.1. The van der Waals surface area contributed by atoms with E-state index in [1.165, 1.54) is 11.4 Å². The standard InChI is InChI=1S/C29H26N2O5S/c1-36-25-14-12-24(13-15-25)31-28(32)20-27(29(31)33)30(18-17-21-7-3-2-4-8-21)37(34,35)26-16-11-22-9-5-6-10-23(22)19-26/h2-16,19,27H,17-18,20H2,1H3. The lowest BCUT2D eigenvalue weighted by molar-refractivity contribution is -0.122. The quantitative estimate of drug-likeness (QED) is 0.325. The fourth-order valence-electron chi connectivity index (χ4n) is 4.63. The molecular formula is C29H26N2O5S. The third-order valence-corrected chi connectivity index (χ3v) is 8.50. The van der Waals surface area contributed by atoms with Crippen molar-refractivity contribution in [1.29, 1.82) is 0 Å². The summed E-state index contributed by atoms with van der Waals surface area (Å²) in [6, 6.07) is 27.3. The Bertz CT molecular complexity index is 1550. The number of carbonyl (C=O) groups excluding carboxylic acids is 2. The van der Waals surface area contributed by atoms with Gasteiger partial charge in [0.05, 0.1) is 24.1 Å². The molecule has 1 saturated heterocycles. The molecule has 1 heterocycles. The van der Waals surface area contributed by atoms with Gasteiger partial charge in [-0.15, -0.1) is 0 Å². The van der Waals surface area contributed by atoms with E-state index in [2.05, 4.69) is 0 Å². The maximum Gasteiger partial charge on any atom is 0.252 e. The summed E-state index contributed by atoms with van der Waals surface area (Å²) in [6.45, 7) is 0.0549. The largest absolute Gasteiger partial charge is 0.497 e. The lowest BCUT2D eigenvalue weighted by Gasteiger charge is -2.27. The van der Waals surface area contributed by atoms with Crippen LogP contribution in [0.25, 0.3) is 10.8 Å². The predicted molar refractivity (Wildman–Crippen MR) is 142 cm³/mol. The van der Waals surface area contributed by atoms with Crippen molar-refractivity contribution in [2.45, 2.75) is 23.8 Å². The van der Waals surface area contributed by atoms with Gasteiger partial charge >= 0.3 is 0 Å². The minimum absolute atomic E-state index is 0.0549. The molecule has 4 aromatic carbocycles. The number of hydrogen-bond donors (Lipinski definition) is 0. The molecule has 0 radical (unpaired) electrons. The molecule has 0 N–H and O–H groups in total. The molecule has 37 heavy (non-hydrogen) atoms. The number of methoxy groups -OCH3 is 1. The molecule has 1 aliphatic rings. The first kappa shape index (κ1) is 24.7. The van der Waals surface area contributed by atoms with Gasteiger partial charge in [0, 0.05) is 6.54 Å². The molecule has 8 heteroatoms. The summed E-state index contributed by atoms with van der Waals surface area (Å²) in [4.78, 5) is 27.8. The molecule has 0 aliphatic carbocycles. The Kier molecular flexibility index (Phi) is 6.78. The summed E-state index contributed by atoms with van der Waals surface area (Å²) >= 11 is 0. The van der Waals surface area contributed by atoms with E-state index in [-0.39, 0.29) is 17.9 Å². The predicted octanol–water partition coefficient (Wildman–Crippen LogP) is 4.41. The van der Waals surface area contributed by atoms with Crippen molar-refractivity contribution in [3.63, 3.8) is 0 Å². The third kappa shape index (κ3) is 4.85. The highest BCUT2D eigenvalue weighted by Gasteiger charge is 2.46. The molecule has 0 saturated carbocycles. The SMILES string of the molecule is COc1ccc(N2C(=O)CC(N(CCc3ccccc3)S(=O)(=O)c3ccc4ccccc4c3)C2=O)cc1. The normalized spacial score (nSPS) is 16.1. The first-order valence-electron chi connectivity index (χ1n) is 11.9. The van der Waals surface area contributed by atoms with Gasteiger partial charge in [0.25, 0.3) is 5.91 Å². The number of imide groups is 1. The second-order valence-corrected chi connectivity index (χ2v) is 10.7. The number of ether oxygens (including phenoxy) is 1. The highest BCUT2D eigenvalue weighted by molar-refractivity contribution is 7.89. The molecule has 1 atom stereocenters. The van der Waals surface area contributed by atoms with Gasteiger partial charge in [-0.3, -0.25) is 9.59 Å². The smallest absolute Gasteiger partial charge is 0.252 e. The average molecular weight is 515 g/mol. The average Bonchev–Trinajstić information content (AvgIpc) is 3.22. The number of benzene rings is 4. The molecule has 1 aliphatic heterocycles. The van der Waals surface area contributed by atoms with E-state index in [1.54, 1.807) is 42.5 Å². The summed E-state index contributed by atoms with van der Waals surface area (Å²) < 4.78 is 34.3. The van der Waals surface area contributed by atoms with Crippen molar-refractivity contribution >= 4 is 38.3 Å². The van der Waals surface area contributed by atoms with Crippen LogP contribution in [0.4, 0.5) is 5.69 Å². The monoisotopic (exact) mass is 514 g/mol. The van der Waals surface area contributed by atoms with Crippen LogP contribution in [0.3, 0.4) is 0 Å². The Morgan fingerprint density at radius 3 is 2.24 bits per heavy atom. The van der Waals surface area contributed by atoms with Crippen LogP contribution in [0, 0.1) is 0 Å². The molecule has 0 aromatic heterocycles. The number of anilines is 1. The zero-order valence-electron chi connectivity index (χ0n) is 20.3. The molecule has 0 bridgehead atoms. The first-order valence-corrected chi connectivity index (χ1v) is 13.4. The van der Waals surface area contributed by atoms with Crippen molar-refractivity contribution in [2.75, 3.05) is 18.6 Å². The Morgan fingerprint density at radius 2 is 1.54 bits per heavy atom. The third-order valence-electron chi connectivity index (χ3n) is 6.59. The van der Waals surface area contributed by atoms with E-state index in [0.29, 0.717) is 17.9 Å². The minimum Gasteiger partial charge on any atom is -0.497 e. The molecule has 1 fully saturated rings. The summed E-state index contributed by atoms with van der Waals surface area (Å²) in [5.74, 6) is -0.422. The van der Waals surface area contributed by atoms with Crippen LogP contribution in [0.5, 0.6) is 5.75 Å². The molecule has 188 valence electrons. The fraction of sp³-hybridized carbons (Fsp3) is 0.172. The number of nitrogens with zero attached hydrogens (tertiary/aromatic N) is 2. The fourth-order valence-corrected chi connectivity index (χ4v) is 6.25. The molecule has 5 rings (SSSR count). The van der Waals surface area contributed by atoms with Crippen LogP contribution >= 0.6 is 0 Å². The van der Waals surface area contributed by atoms with Crippen molar-refractivity contribution in [3.05, 3.63) is 103 Å². The van der Waals surface area contributed by atoms with Gasteiger partial charge in [-0.2, -0.15) is 4.31 Å². The van der Waals surface area contributed by atoms with Gasteiger partial charge in [-0.05, 0) is 59.2 Å². The molecule has 1 unspecified atom stereocenters. The summed E-state index contributed by atoms with van der Waals surface area (Å²) in [5.41, 5.74) is 1.31. The van der Waals surface area contributed by atoms with E-state index in [1.807, 2.05) is 54.6 Å². The van der Waals surface area contributed by atoms with E-state index >= 15 is 0 Å². The number of sulfonamides is 1. The Morgan fingerprint density at radius 1 is 0.865 bits per heavy atom. The maximum absolute atomic E-state index is 14.0. The van der Waals surface area contributed by atoms with Crippen molar-refractivity contribution in [1.82, 2.24) is 4.31 Å². The molecule has 0 spiro atoms. The van der Waals surface area contributed by atoms with Gasteiger partial charge < -0.3 is 4.74 Å². The van der Waals surface area contributed by atoms with Crippen LogP contribution in [-0.2, 0) is 26.0 Å². The minimum atomic E-state index is -4.11. The molecule has 4 aromatic rings. The van der Waals surface area contributed by atoms with Crippen molar-refractivity contribution in [2.24, 2.45) is 0 Å². The van der Waals surface area contributed by atoms with E-state index in [9.17, 15) is 18.0 Å². The van der Waals surface area contributed by atoms with Crippen molar-refractivity contribution in [3.8, 4) is 5.75 Å². The number of amides is 2. The number of hydrogen-bond acceptors (Lipinski definition) is 5. The molecule has 7 nitrogen and oxygen atoms in total. The zero-order chi connectivity index (χ0) is 26.0. The Balaban J connectivity index is 1.51. The van der Waals surface area contributed by atoms with Crippen LogP contribution in [0.1, 0.15) is 12.0 Å². The number of carbonyl (C=O) groups is 2. The summed E-state index contributed by atoms with van der Waals surface area (Å²) in [6.07, 6.45) is 0.167. The van der Waals surface area contributed by atoms with Crippen LogP contribution in [0.2, 0.25) is 0 Å². The molecule has 2 amide bonds. The van der Waals surface area contributed by atoms with Gasteiger partial charge in [-0.25, -0.2) is 13.3 Å². The summed E-state index contributed by atoms with van der Waals surface area (Å²) in [5, 5.41) is 1.69. The highest BCUT2D eigenvalue weighted by Crippen LogP contribution is 2.31. The van der Waals surface area contributed by atoms with Crippen LogP contribution < -0.4 is 9.64 Å². The van der Waals surface area contributed by atoms with Gasteiger partial charge in [0.1, 0.15) is 11.8 Å². The van der Waals surface area contributed by atoms with E-state index in [4.69, 9.17) is 4.74 Å². The Labute approximate surface area is 215 Å². The second-order valence-electron chi connectivity index (χ2n) is 8.85. The summed E-state index contributed by atoms with van der Waals surface area (Å²) in [7, 11) is -2.58.